The first-order valence-corrected chi connectivity index (χ1v) is 19.7. The van der Waals surface area contributed by atoms with E-state index in [1.165, 1.54) is 0 Å². The van der Waals surface area contributed by atoms with E-state index in [1.54, 1.807) is 13.0 Å². The fourth-order valence-corrected chi connectivity index (χ4v) is 8.89. The average Bonchev–Trinajstić information content (AvgIpc) is 3.67. The van der Waals surface area contributed by atoms with E-state index in [0.29, 0.717) is 59.2 Å². The number of aliphatic hydroxyl groups excluding tert-OH is 1. The largest absolute Gasteiger partial charge is 0.481 e. The van der Waals surface area contributed by atoms with Crippen molar-refractivity contribution in [2.45, 2.75) is 78.0 Å². The number of hydrogen-bond donors (Lipinski definition) is 4. The monoisotopic (exact) mass is 770 g/mol. The summed E-state index contributed by atoms with van der Waals surface area (Å²) in [5.41, 5.74) is 7.28. The van der Waals surface area contributed by atoms with Crippen LogP contribution < -0.4 is 10.6 Å². The third-order valence-corrected chi connectivity index (χ3v) is 12.2. The summed E-state index contributed by atoms with van der Waals surface area (Å²) in [6.07, 6.45) is 5.62. The Morgan fingerprint density at radius 3 is 1.98 bits per heavy atom. The molecule has 14 heteroatoms. The Balaban J connectivity index is 1.01. The van der Waals surface area contributed by atoms with Crippen LogP contribution in [0.4, 0.5) is 11.4 Å². The predicted octanol–water partition coefficient (Wildman–Crippen LogP) is 5.67. The Morgan fingerprint density at radius 1 is 0.836 bits per heavy atom. The highest BCUT2D eigenvalue weighted by molar-refractivity contribution is 6.36. The molecule has 0 unspecified atom stereocenters. The number of fused-ring (bicyclic) bond motifs is 2. The Morgan fingerprint density at radius 2 is 1.38 bits per heavy atom. The van der Waals surface area contributed by atoms with Crippen LogP contribution in [0.3, 0.4) is 0 Å². The number of nitrogens with zero attached hydrogens (tertiary/aromatic N) is 6. The minimum absolute atomic E-state index is 0.195. The van der Waals surface area contributed by atoms with E-state index >= 15 is 0 Å². The fraction of sp³-hybridized carbons (Fsp3) is 0.488. The lowest BCUT2D eigenvalue weighted by Gasteiger charge is -2.30. The van der Waals surface area contributed by atoms with E-state index in [2.05, 4.69) is 20.4 Å². The van der Waals surface area contributed by atoms with E-state index in [4.69, 9.17) is 21.6 Å². The molecular weight excluding hydrogens is 720 g/mol. The summed E-state index contributed by atoms with van der Waals surface area (Å²) in [6, 6.07) is 11.2. The highest BCUT2D eigenvalue weighted by Gasteiger charge is 2.30. The van der Waals surface area contributed by atoms with Crippen molar-refractivity contribution >= 4 is 40.8 Å². The van der Waals surface area contributed by atoms with Crippen LogP contribution in [0, 0.1) is 18.8 Å². The van der Waals surface area contributed by atoms with Crippen molar-refractivity contribution in [2.24, 2.45) is 25.9 Å². The Kier molecular flexibility index (Phi) is 11.4. The number of carboxylic acids is 1. The van der Waals surface area contributed by atoms with E-state index in [-0.39, 0.29) is 17.7 Å². The number of hydrogen-bond acceptors (Lipinski definition) is 8. The van der Waals surface area contributed by atoms with Gasteiger partial charge < -0.3 is 30.0 Å². The minimum Gasteiger partial charge on any atom is -0.481 e. The summed E-state index contributed by atoms with van der Waals surface area (Å²) in [4.78, 5) is 52.6. The second-order valence-electron chi connectivity index (χ2n) is 15.5. The summed E-state index contributed by atoms with van der Waals surface area (Å²) in [5.74, 6) is -0.310. The third-order valence-electron chi connectivity index (χ3n) is 11.8. The van der Waals surface area contributed by atoms with Crippen LogP contribution in [0.15, 0.2) is 36.4 Å². The summed E-state index contributed by atoms with van der Waals surface area (Å²) >= 11 is 7.01. The van der Waals surface area contributed by atoms with Crippen molar-refractivity contribution in [3.8, 4) is 11.1 Å². The summed E-state index contributed by atoms with van der Waals surface area (Å²) in [7, 11) is 3.74. The van der Waals surface area contributed by atoms with Gasteiger partial charge in [-0.05, 0) is 81.7 Å². The number of aliphatic carboxylic acids is 1. The van der Waals surface area contributed by atoms with Gasteiger partial charge in [-0.2, -0.15) is 0 Å². The van der Waals surface area contributed by atoms with Crippen molar-refractivity contribution in [1.82, 2.24) is 28.9 Å². The molecule has 1 saturated carbocycles. The zero-order valence-corrected chi connectivity index (χ0v) is 32.8. The number of carboxylic acid groups (broad SMARTS) is 1. The first-order valence-electron chi connectivity index (χ1n) is 19.3. The summed E-state index contributed by atoms with van der Waals surface area (Å²) in [5, 5.41) is 25.6. The Bertz CT molecular complexity index is 2100. The maximum Gasteiger partial charge on any atom is 0.306 e. The number of carbonyl (C=O) groups excluding carboxylic acids is 2. The molecule has 0 radical (unpaired) electrons. The number of nitrogens with one attached hydrogen (secondary N) is 2. The van der Waals surface area contributed by atoms with Gasteiger partial charge in [-0.1, -0.05) is 35.9 Å². The number of benzene rings is 2. The smallest absolute Gasteiger partial charge is 0.306 e. The number of anilines is 2. The minimum atomic E-state index is -0.669. The number of carbonyl (C=O) groups is 3. The Labute approximate surface area is 326 Å². The fourth-order valence-electron chi connectivity index (χ4n) is 8.61. The van der Waals surface area contributed by atoms with Crippen LogP contribution in [0.2, 0.25) is 5.02 Å². The van der Waals surface area contributed by atoms with Gasteiger partial charge in [0.15, 0.2) is 11.6 Å². The number of amides is 2. The molecule has 4 N–H and O–H groups in total. The van der Waals surface area contributed by atoms with Gasteiger partial charge in [-0.3, -0.25) is 24.2 Å². The van der Waals surface area contributed by atoms with E-state index in [0.717, 1.165) is 98.5 Å². The molecule has 2 amide bonds. The normalized spacial score (nSPS) is 19.4. The molecule has 2 aromatic heterocycles. The number of rotatable bonds is 11. The van der Waals surface area contributed by atoms with Crippen molar-refractivity contribution in [1.29, 1.82) is 0 Å². The molecule has 0 bridgehead atoms. The number of imidazole rings is 2. The molecule has 1 atom stereocenters. The van der Waals surface area contributed by atoms with Crippen LogP contribution >= 0.6 is 11.6 Å². The SMILES string of the molecule is Cc1c(NC(=O)c2nc3c(n2C)CCN(C[C@H](C)O)C3)cccc1-c1cccc(NC(=O)c2nc3c(n2C)CCN(CCC2CCC(C(=O)O)CC2)C3)c1Cl. The number of halogens is 1. The molecule has 0 spiro atoms. The maximum absolute atomic E-state index is 13.7. The summed E-state index contributed by atoms with van der Waals surface area (Å²) in [6.45, 7) is 8.13. The third kappa shape index (κ3) is 8.21. The zero-order valence-electron chi connectivity index (χ0n) is 32.1. The molecule has 7 rings (SSSR count). The van der Waals surface area contributed by atoms with Crippen LogP contribution in [0.25, 0.3) is 11.1 Å². The van der Waals surface area contributed by atoms with Gasteiger partial charge in [0.05, 0.1) is 34.1 Å². The standard InChI is InChI=1S/C41H51ClN8O5/c1-24(51)21-50-20-17-35-33(23-50)44-37(48(35)4)39(52)45-30-9-5-7-28(25(30)2)29-8-6-10-31(36(29)42)46-40(53)38-43-32-22-49(19-16-34(32)47(38)3)18-15-26-11-13-27(14-12-26)41(54)55/h5-10,24,26-27,51H,11-23H2,1-4H3,(H,45,52)(H,46,53)(H,54,55)/t24-,26?,27?/m0/s1. The van der Waals surface area contributed by atoms with Gasteiger partial charge in [0.1, 0.15) is 0 Å². The first-order chi connectivity index (χ1) is 26.4. The lowest BCUT2D eigenvalue weighted by atomic mass is 9.80. The van der Waals surface area contributed by atoms with E-state index in [9.17, 15) is 24.6 Å². The van der Waals surface area contributed by atoms with Crippen molar-refractivity contribution in [2.75, 3.05) is 36.8 Å². The molecule has 55 heavy (non-hydrogen) atoms. The van der Waals surface area contributed by atoms with Crippen LogP contribution in [0.1, 0.15) is 88.6 Å². The van der Waals surface area contributed by atoms with Crippen molar-refractivity contribution < 1.29 is 24.6 Å². The quantitative estimate of drug-likeness (QED) is 0.151. The molecule has 4 heterocycles. The van der Waals surface area contributed by atoms with E-state index in [1.807, 2.05) is 60.5 Å². The topological polar surface area (TPSA) is 158 Å². The highest BCUT2D eigenvalue weighted by atomic mass is 35.5. The molecule has 2 aromatic carbocycles. The molecule has 1 fully saturated rings. The van der Waals surface area contributed by atoms with Gasteiger partial charge >= 0.3 is 5.97 Å². The Hall–Kier alpha value is -4.56. The molecule has 1 aliphatic carbocycles. The lowest BCUT2D eigenvalue weighted by molar-refractivity contribution is -0.143. The number of aliphatic hydroxyl groups is 1. The molecule has 13 nitrogen and oxygen atoms in total. The average molecular weight is 771 g/mol. The highest BCUT2D eigenvalue weighted by Crippen LogP contribution is 2.38. The molecule has 4 aromatic rings. The first kappa shape index (κ1) is 38.7. The van der Waals surface area contributed by atoms with E-state index < -0.39 is 12.1 Å². The lowest BCUT2D eigenvalue weighted by Crippen LogP contribution is -2.36. The van der Waals surface area contributed by atoms with Gasteiger partial charge in [0.2, 0.25) is 0 Å². The number of β-amino-alcohol motifs (C(OH)–C–C–N with tert-alkyl or cyclic N) is 1. The molecule has 2 aliphatic heterocycles. The van der Waals surface area contributed by atoms with Gasteiger partial charge in [0.25, 0.3) is 11.8 Å². The second-order valence-corrected chi connectivity index (χ2v) is 15.9. The van der Waals surface area contributed by atoms with Crippen molar-refractivity contribution in [3.63, 3.8) is 0 Å². The van der Waals surface area contributed by atoms with Crippen LogP contribution in [-0.4, -0.2) is 89.2 Å². The second kappa shape index (κ2) is 16.3. The zero-order chi connectivity index (χ0) is 39.0. The van der Waals surface area contributed by atoms with Crippen LogP contribution in [-0.2, 0) is 44.8 Å². The molecular formula is C41H51ClN8O5. The molecule has 3 aliphatic rings. The number of aromatic nitrogens is 4. The maximum atomic E-state index is 13.7. The van der Waals surface area contributed by atoms with Gasteiger partial charge in [-0.25, -0.2) is 9.97 Å². The van der Waals surface area contributed by atoms with Gasteiger partial charge in [0, 0.05) is 82.3 Å². The van der Waals surface area contributed by atoms with Crippen molar-refractivity contribution in [3.05, 3.63) is 81.4 Å². The predicted molar refractivity (Wildman–Crippen MR) is 211 cm³/mol. The van der Waals surface area contributed by atoms with Crippen LogP contribution in [0.5, 0.6) is 0 Å². The molecule has 292 valence electrons. The molecule has 0 saturated heterocycles. The van der Waals surface area contributed by atoms with Gasteiger partial charge in [-0.15, -0.1) is 0 Å². The summed E-state index contributed by atoms with van der Waals surface area (Å²) < 4.78 is 3.74.